The maximum atomic E-state index is 9.75. The molecule has 0 saturated carbocycles. The van der Waals surface area contributed by atoms with Crippen LogP contribution in [0.2, 0.25) is 0 Å². The normalized spacial score (nSPS) is 33.8. The molecule has 1 saturated heterocycles. The lowest BCUT2D eigenvalue weighted by Gasteiger charge is -2.39. The van der Waals surface area contributed by atoms with Gasteiger partial charge in [-0.1, -0.05) is 19.8 Å². The molecule has 6 atom stereocenters. The molecule has 0 bridgehead atoms. The van der Waals surface area contributed by atoms with Crippen LogP contribution in [0.4, 0.5) is 0 Å². The highest BCUT2D eigenvalue weighted by atomic mass is 16.7. The summed E-state index contributed by atoms with van der Waals surface area (Å²) in [7, 11) is 0. The van der Waals surface area contributed by atoms with Crippen LogP contribution in [0.3, 0.4) is 0 Å². The Hall–Kier alpha value is -0.320. The minimum absolute atomic E-state index is 0.0983. The maximum Gasteiger partial charge on any atom is 0.186 e. The van der Waals surface area contributed by atoms with E-state index in [2.05, 4.69) is 6.92 Å². The molecule has 1 aliphatic heterocycles. The smallest absolute Gasteiger partial charge is 0.186 e. The second-order valence-corrected chi connectivity index (χ2v) is 5.47. The molecule has 0 aromatic carbocycles. The third-order valence-electron chi connectivity index (χ3n) is 3.50. The molecular formula is C14H28O8. The monoisotopic (exact) mass is 324 g/mol. The Balaban J connectivity index is 2.27. The molecule has 0 spiro atoms. The summed E-state index contributed by atoms with van der Waals surface area (Å²) in [6.07, 6.45) is -4.44. The van der Waals surface area contributed by atoms with Crippen molar-refractivity contribution in [2.45, 2.75) is 63.0 Å². The van der Waals surface area contributed by atoms with Crippen molar-refractivity contribution in [3.05, 3.63) is 0 Å². The molecular weight excluding hydrogens is 296 g/mol. The van der Waals surface area contributed by atoms with Crippen molar-refractivity contribution in [1.29, 1.82) is 0 Å². The topological polar surface area (TPSA) is 129 Å². The zero-order valence-electron chi connectivity index (χ0n) is 12.9. The van der Waals surface area contributed by atoms with Gasteiger partial charge in [0.2, 0.25) is 0 Å². The average molecular weight is 324 g/mol. The summed E-state index contributed by atoms with van der Waals surface area (Å²) in [5.74, 6) is 0. The summed E-state index contributed by atoms with van der Waals surface area (Å²) in [5.41, 5.74) is 0. The number of aliphatic hydroxyl groups is 5. The SMILES string of the molecule is CCCCCOCC(O)CO[C@@H]1O[C@H](CO)[C@H](O)[C@H](O)[C@H]1O. The van der Waals surface area contributed by atoms with Gasteiger partial charge in [0, 0.05) is 6.61 Å². The lowest BCUT2D eigenvalue weighted by atomic mass is 9.99. The van der Waals surface area contributed by atoms with Crippen LogP contribution in [-0.4, -0.2) is 88.8 Å². The summed E-state index contributed by atoms with van der Waals surface area (Å²) in [6.45, 7) is 2.07. The van der Waals surface area contributed by atoms with E-state index in [4.69, 9.17) is 19.3 Å². The third-order valence-corrected chi connectivity index (χ3v) is 3.50. The zero-order valence-corrected chi connectivity index (χ0v) is 12.9. The second-order valence-electron chi connectivity index (χ2n) is 5.47. The minimum Gasteiger partial charge on any atom is -0.394 e. The Labute approximate surface area is 130 Å². The van der Waals surface area contributed by atoms with Crippen molar-refractivity contribution in [3.8, 4) is 0 Å². The summed E-state index contributed by atoms with van der Waals surface area (Å²) in [4.78, 5) is 0. The molecule has 0 aliphatic carbocycles. The zero-order chi connectivity index (χ0) is 16.5. The number of hydrogen-bond donors (Lipinski definition) is 5. The van der Waals surface area contributed by atoms with Crippen LogP contribution in [0.5, 0.6) is 0 Å². The first-order valence-electron chi connectivity index (χ1n) is 7.69. The molecule has 1 heterocycles. The Morgan fingerprint density at radius 1 is 1.05 bits per heavy atom. The van der Waals surface area contributed by atoms with Gasteiger partial charge in [0.15, 0.2) is 6.29 Å². The molecule has 22 heavy (non-hydrogen) atoms. The number of unbranched alkanes of at least 4 members (excludes halogenated alkanes) is 2. The Morgan fingerprint density at radius 2 is 1.77 bits per heavy atom. The van der Waals surface area contributed by atoms with E-state index in [9.17, 15) is 20.4 Å². The van der Waals surface area contributed by atoms with Crippen molar-refractivity contribution >= 4 is 0 Å². The Morgan fingerprint density at radius 3 is 2.41 bits per heavy atom. The highest BCUT2D eigenvalue weighted by Gasteiger charge is 2.44. The summed E-state index contributed by atoms with van der Waals surface area (Å²) in [6, 6.07) is 0. The van der Waals surface area contributed by atoms with Crippen molar-refractivity contribution < 1.29 is 39.7 Å². The third kappa shape index (κ3) is 6.05. The summed E-state index contributed by atoms with van der Waals surface area (Å²) in [5, 5.41) is 47.7. The first-order chi connectivity index (χ1) is 10.5. The number of ether oxygens (including phenoxy) is 3. The Kier molecular flexibility index (Phi) is 9.37. The summed E-state index contributed by atoms with van der Waals surface area (Å²) < 4.78 is 15.6. The molecule has 132 valence electrons. The lowest BCUT2D eigenvalue weighted by Crippen LogP contribution is -2.59. The standard InChI is InChI=1S/C14H28O8/c1-2-3-4-5-20-7-9(16)8-21-14-13(19)12(18)11(17)10(6-15)22-14/h9-19H,2-8H2,1H3/t9?,10-,11+,12+,13-,14-/m1/s1. The predicted molar refractivity (Wildman–Crippen MR) is 76.1 cm³/mol. The van der Waals surface area contributed by atoms with Gasteiger partial charge in [0.25, 0.3) is 0 Å². The molecule has 8 nitrogen and oxygen atoms in total. The highest BCUT2D eigenvalue weighted by molar-refractivity contribution is 4.88. The number of aliphatic hydroxyl groups excluding tert-OH is 5. The first kappa shape index (κ1) is 19.7. The van der Waals surface area contributed by atoms with Gasteiger partial charge in [-0.25, -0.2) is 0 Å². The van der Waals surface area contributed by atoms with Crippen molar-refractivity contribution in [2.75, 3.05) is 26.4 Å². The molecule has 1 rings (SSSR count). The molecule has 0 aromatic heterocycles. The molecule has 1 fully saturated rings. The van der Waals surface area contributed by atoms with E-state index in [0.717, 1.165) is 19.3 Å². The molecule has 0 aromatic rings. The van der Waals surface area contributed by atoms with E-state index in [0.29, 0.717) is 6.61 Å². The van der Waals surface area contributed by atoms with Gasteiger partial charge in [-0.05, 0) is 6.42 Å². The quantitative estimate of drug-likeness (QED) is 0.303. The van der Waals surface area contributed by atoms with Crippen molar-refractivity contribution in [1.82, 2.24) is 0 Å². The number of rotatable bonds is 10. The predicted octanol–water partition coefficient (Wildman–Crippen LogP) is -1.63. The van der Waals surface area contributed by atoms with Gasteiger partial charge in [-0.2, -0.15) is 0 Å². The van der Waals surface area contributed by atoms with Gasteiger partial charge in [0.1, 0.15) is 30.5 Å². The van der Waals surface area contributed by atoms with Crippen LogP contribution >= 0.6 is 0 Å². The van der Waals surface area contributed by atoms with Crippen LogP contribution in [0.25, 0.3) is 0 Å². The fourth-order valence-electron chi connectivity index (χ4n) is 2.13. The van der Waals surface area contributed by atoms with E-state index in [-0.39, 0.29) is 13.2 Å². The van der Waals surface area contributed by atoms with Gasteiger partial charge in [-0.15, -0.1) is 0 Å². The van der Waals surface area contributed by atoms with E-state index >= 15 is 0 Å². The van der Waals surface area contributed by atoms with Crippen LogP contribution in [0.1, 0.15) is 26.2 Å². The lowest BCUT2D eigenvalue weighted by molar-refractivity contribution is -0.305. The first-order valence-corrected chi connectivity index (χ1v) is 7.69. The minimum atomic E-state index is -1.49. The van der Waals surface area contributed by atoms with Gasteiger partial charge in [-0.3, -0.25) is 0 Å². The molecule has 1 aliphatic rings. The fourth-order valence-corrected chi connectivity index (χ4v) is 2.13. The fraction of sp³-hybridized carbons (Fsp3) is 1.00. The maximum absolute atomic E-state index is 9.75. The van der Waals surface area contributed by atoms with E-state index in [1.165, 1.54) is 0 Å². The van der Waals surface area contributed by atoms with E-state index in [1.54, 1.807) is 0 Å². The second kappa shape index (κ2) is 10.5. The molecule has 0 radical (unpaired) electrons. The Bertz CT molecular complexity index is 288. The van der Waals surface area contributed by atoms with Crippen LogP contribution < -0.4 is 0 Å². The number of hydrogen-bond acceptors (Lipinski definition) is 8. The average Bonchev–Trinajstić information content (AvgIpc) is 2.52. The van der Waals surface area contributed by atoms with Crippen LogP contribution in [0.15, 0.2) is 0 Å². The van der Waals surface area contributed by atoms with Crippen molar-refractivity contribution in [2.24, 2.45) is 0 Å². The van der Waals surface area contributed by atoms with Crippen LogP contribution in [0, 0.1) is 0 Å². The van der Waals surface area contributed by atoms with Crippen LogP contribution in [-0.2, 0) is 14.2 Å². The largest absolute Gasteiger partial charge is 0.394 e. The van der Waals surface area contributed by atoms with E-state index < -0.39 is 43.4 Å². The van der Waals surface area contributed by atoms with E-state index in [1.807, 2.05) is 0 Å². The van der Waals surface area contributed by atoms with Gasteiger partial charge < -0.3 is 39.7 Å². The van der Waals surface area contributed by atoms with Gasteiger partial charge in [0.05, 0.1) is 19.8 Å². The summed E-state index contributed by atoms with van der Waals surface area (Å²) >= 11 is 0. The molecule has 0 amide bonds. The molecule has 1 unspecified atom stereocenters. The van der Waals surface area contributed by atoms with Crippen molar-refractivity contribution in [3.63, 3.8) is 0 Å². The molecule has 5 N–H and O–H groups in total. The molecule has 8 heteroatoms. The highest BCUT2D eigenvalue weighted by Crippen LogP contribution is 2.21. The van der Waals surface area contributed by atoms with Gasteiger partial charge >= 0.3 is 0 Å².